The lowest BCUT2D eigenvalue weighted by Crippen LogP contribution is -2.25. The van der Waals surface area contributed by atoms with E-state index in [-0.39, 0.29) is 6.04 Å². The highest BCUT2D eigenvalue weighted by Gasteiger charge is 2.19. The van der Waals surface area contributed by atoms with Crippen LogP contribution in [-0.4, -0.2) is 38.1 Å². The second-order valence-electron chi connectivity index (χ2n) is 4.53. The van der Waals surface area contributed by atoms with Gasteiger partial charge in [0.2, 0.25) is 6.41 Å². The van der Waals surface area contributed by atoms with Crippen molar-refractivity contribution >= 4 is 12.5 Å². The largest absolute Gasteiger partial charge is 0.493 e. The van der Waals surface area contributed by atoms with Gasteiger partial charge in [-0.2, -0.15) is 0 Å². The molecular formula is C15H19NO3. The molecule has 0 spiro atoms. The molecule has 1 unspecified atom stereocenters. The molecule has 0 aromatic heterocycles. The van der Waals surface area contributed by atoms with Crippen LogP contribution in [0.5, 0.6) is 11.5 Å². The van der Waals surface area contributed by atoms with Crippen LogP contribution in [0, 0.1) is 0 Å². The van der Waals surface area contributed by atoms with E-state index in [2.05, 4.69) is 6.08 Å². The minimum Gasteiger partial charge on any atom is -0.493 e. The van der Waals surface area contributed by atoms with Gasteiger partial charge in [-0.25, -0.2) is 0 Å². The van der Waals surface area contributed by atoms with Gasteiger partial charge in [-0.05, 0) is 30.5 Å². The number of rotatable bonds is 5. The molecule has 1 atom stereocenters. The summed E-state index contributed by atoms with van der Waals surface area (Å²) in [6.07, 6.45) is 7.12. The molecule has 1 saturated heterocycles. The quantitative estimate of drug-likeness (QED) is 0.764. The zero-order valence-corrected chi connectivity index (χ0v) is 11.3. The first-order valence-corrected chi connectivity index (χ1v) is 6.39. The van der Waals surface area contributed by atoms with Crippen LogP contribution < -0.4 is 9.47 Å². The van der Waals surface area contributed by atoms with Gasteiger partial charge >= 0.3 is 0 Å². The van der Waals surface area contributed by atoms with Crippen LogP contribution in [0.25, 0.3) is 6.08 Å². The Balaban J connectivity index is 2.12. The molecule has 1 heterocycles. The van der Waals surface area contributed by atoms with Gasteiger partial charge in [0, 0.05) is 6.54 Å². The van der Waals surface area contributed by atoms with E-state index in [0.29, 0.717) is 5.75 Å². The van der Waals surface area contributed by atoms with E-state index < -0.39 is 0 Å². The fourth-order valence-electron chi connectivity index (χ4n) is 2.33. The van der Waals surface area contributed by atoms with Gasteiger partial charge in [0.15, 0.2) is 11.5 Å². The molecule has 1 aliphatic rings. The van der Waals surface area contributed by atoms with Crippen molar-refractivity contribution in [3.8, 4) is 11.5 Å². The Labute approximate surface area is 113 Å². The Kier molecular flexibility index (Phi) is 4.44. The third-order valence-electron chi connectivity index (χ3n) is 3.40. The minimum absolute atomic E-state index is 0.214. The van der Waals surface area contributed by atoms with Crippen molar-refractivity contribution in [2.75, 3.05) is 20.8 Å². The molecule has 102 valence electrons. The lowest BCUT2D eigenvalue weighted by molar-refractivity contribution is -0.118. The number of carbonyl (C=O) groups excluding carboxylic acids is 1. The van der Waals surface area contributed by atoms with Gasteiger partial charge in [-0.1, -0.05) is 18.2 Å². The number of hydrogen-bond acceptors (Lipinski definition) is 3. The van der Waals surface area contributed by atoms with Crippen LogP contribution in [-0.2, 0) is 4.79 Å². The summed E-state index contributed by atoms with van der Waals surface area (Å²) in [5.74, 6) is 1.43. The summed E-state index contributed by atoms with van der Waals surface area (Å²) in [7, 11) is 3.24. The standard InChI is InChI=1S/C15H19NO3/c1-18-14-8-6-12(10-15(14)19-2)5-7-13-4-3-9-16(13)11-17/h5-8,10-11,13H,3-4,9H2,1-2H3/b7-5+. The second kappa shape index (κ2) is 6.27. The molecule has 4 nitrogen and oxygen atoms in total. The van der Waals surface area contributed by atoms with E-state index >= 15 is 0 Å². The maximum absolute atomic E-state index is 10.9. The van der Waals surface area contributed by atoms with Crippen LogP contribution in [0.1, 0.15) is 18.4 Å². The van der Waals surface area contributed by atoms with E-state index in [1.54, 1.807) is 14.2 Å². The van der Waals surface area contributed by atoms with Crippen LogP contribution in [0.4, 0.5) is 0 Å². The second-order valence-corrected chi connectivity index (χ2v) is 4.53. The van der Waals surface area contributed by atoms with Gasteiger partial charge in [0.1, 0.15) is 0 Å². The molecule has 0 N–H and O–H groups in total. The van der Waals surface area contributed by atoms with Crippen molar-refractivity contribution in [3.05, 3.63) is 29.8 Å². The number of methoxy groups -OCH3 is 2. The Hall–Kier alpha value is -1.97. The van der Waals surface area contributed by atoms with Crippen molar-refractivity contribution in [1.29, 1.82) is 0 Å². The molecule has 1 fully saturated rings. The normalized spacial score (nSPS) is 18.8. The molecule has 0 saturated carbocycles. The predicted molar refractivity (Wildman–Crippen MR) is 74.4 cm³/mol. The first kappa shape index (κ1) is 13.5. The van der Waals surface area contributed by atoms with E-state index in [1.807, 2.05) is 29.2 Å². The van der Waals surface area contributed by atoms with Gasteiger partial charge in [-0.3, -0.25) is 4.79 Å². The van der Waals surface area contributed by atoms with Crippen LogP contribution in [0.15, 0.2) is 24.3 Å². The van der Waals surface area contributed by atoms with Gasteiger partial charge in [0.25, 0.3) is 0 Å². The van der Waals surface area contributed by atoms with Crippen molar-refractivity contribution in [3.63, 3.8) is 0 Å². The average molecular weight is 261 g/mol. The van der Waals surface area contributed by atoms with E-state index in [0.717, 1.165) is 37.1 Å². The summed E-state index contributed by atoms with van der Waals surface area (Å²) in [6, 6.07) is 5.99. The molecule has 0 radical (unpaired) electrons. The Morgan fingerprint density at radius 3 is 2.74 bits per heavy atom. The topological polar surface area (TPSA) is 38.8 Å². The SMILES string of the molecule is COc1ccc(/C=C/C2CCCN2C=O)cc1OC. The third-order valence-corrected chi connectivity index (χ3v) is 3.40. The zero-order chi connectivity index (χ0) is 13.7. The molecular weight excluding hydrogens is 242 g/mol. The number of likely N-dealkylation sites (tertiary alicyclic amines) is 1. The number of ether oxygens (including phenoxy) is 2. The molecule has 1 aromatic rings. The summed E-state index contributed by atoms with van der Waals surface area (Å²) >= 11 is 0. The molecule has 1 aliphatic heterocycles. The predicted octanol–water partition coefficient (Wildman–Crippen LogP) is 2.34. The van der Waals surface area contributed by atoms with Crippen LogP contribution in [0.3, 0.4) is 0 Å². The highest BCUT2D eigenvalue weighted by atomic mass is 16.5. The summed E-state index contributed by atoms with van der Waals surface area (Å²) in [6.45, 7) is 0.852. The molecule has 1 aromatic carbocycles. The Bertz CT molecular complexity index is 470. The minimum atomic E-state index is 0.214. The molecule has 1 amide bonds. The van der Waals surface area contributed by atoms with Gasteiger partial charge in [0.05, 0.1) is 20.3 Å². The van der Waals surface area contributed by atoms with E-state index in [4.69, 9.17) is 9.47 Å². The highest BCUT2D eigenvalue weighted by Crippen LogP contribution is 2.28. The first-order valence-electron chi connectivity index (χ1n) is 6.39. The molecule has 19 heavy (non-hydrogen) atoms. The summed E-state index contributed by atoms with van der Waals surface area (Å²) in [4.78, 5) is 12.7. The van der Waals surface area contributed by atoms with Crippen molar-refractivity contribution in [2.24, 2.45) is 0 Å². The average Bonchev–Trinajstić information content (AvgIpc) is 2.92. The Morgan fingerprint density at radius 2 is 2.05 bits per heavy atom. The van der Waals surface area contributed by atoms with Crippen LogP contribution in [0.2, 0.25) is 0 Å². The smallest absolute Gasteiger partial charge is 0.210 e. The lowest BCUT2D eigenvalue weighted by Gasteiger charge is -2.15. The number of amides is 1. The highest BCUT2D eigenvalue weighted by molar-refractivity contribution is 5.57. The van der Waals surface area contributed by atoms with Crippen molar-refractivity contribution < 1.29 is 14.3 Å². The van der Waals surface area contributed by atoms with Crippen molar-refractivity contribution in [1.82, 2.24) is 4.90 Å². The fraction of sp³-hybridized carbons (Fsp3) is 0.400. The molecule has 0 aliphatic carbocycles. The fourth-order valence-corrected chi connectivity index (χ4v) is 2.33. The molecule has 0 bridgehead atoms. The summed E-state index contributed by atoms with van der Waals surface area (Å²) in [5.41, 5.74) is 1.04. The zero-order valence-electron chi connectivity index (χ0n) is 11.3. The molecule has 4 heteroatoms. The number of hydrogen-bond donors (Lipinski definition) is 0. The summed E-state index contributed by atoms with van der Waals surface area (Å²) < 4.78 is 10.5. The number of nitrogens with zero attached hydrogens (tertiary/aromatic N) is 1. The van der Waals surface area contributed by atoms with E-state index in [1.165, 1.54) is 0 Å². The lowest BCUT2D eigenvalue weighted by atomic mass is 10.1. The number of benzene rings is 1. The van der Waals surface area contributed by atoms with Crippen LogP contribution >= 0.6 is 0 Å². The van der Waals surface area contributed by atoms with Gasteiger partial charge < -0.3 is 14.4 Å². The van der Waals surface area contributed by atoms with Crippen molar-refractivity contribution in [2.45, 2.75) is 18.9 Å². The molecule has 2 rings (SSSR count). The van der Waals surface area contributed by atoms with Gasteiger partial charge in [-0.15, -0.1) is 0 Å². The maximum Gasteiger partial charge on any atom is 0.210 e. The summed E-state index contributed by atoms with van der Waals surface area (Å²) in [5, 5.41) is 0. The Morgan fingerprint density at radius 1 is 1.26 bits per heavy atom. The monoisotopic (exact) mass is 261 g/mol. The number of carbonyl (C=O) groups is 1. The third kappa shape index (κ3) is 3.08. The van der Waals surface area contributed by atoms with E-state index in [9.17, 15) is 4.79 Å². The maximum atomic E-state index is 10.9. The first-order chi connectivity index (χ1) is 9.28.